The molecule has 66 valence electrons. The first-order chi connectivity index (χ1) is 5.27. The van der Waals surface area contributed by atoms with Gasteiger partial charge >= 0.3 is 0 Å². The Kier molecular flexibility index (Phi) is 3.26. The summed E-state index contributed by atoms with van der Waals surface area (Å²) in [5, 5.41) is 18.0. The molecule has 4 nitrogen and oxygen atoms in total. The summed E-state index contributed by atoms with van der Waals surface area (Å²) < 4.78 is 10.1. The molecular formula is C7H14O4. The fourth-order valence-electron chi connectivity index (χ4n) is 1.17. The summed E-state index contributed by atoms with van der Waals surface area (Å²) in [5.74, 6) is 0. The zero-order valence-electron chi connectivity index (χ0n) is 6.56. The topological polar surface area (TPSA) is 58.9 Å². The van der Waals surface area contributed by atoms with Crippen molar-refractivity contribution in [3.8, 4) is 0 Å². The molecule has 1 rings (SSSR count). The molecule has 0 amide bonds. The first-order valence-corrected chi connectivity index (χ1v) is 3.71. The molecule has 11 heavy (non-hydrogen) atoms. The SMILES string of the molecule is CO[C@@H]1CO[C@@H](CO)[C@@H](O)C1. The molecule has 1 aliphatic rings. The highest BCUT2D eigenvalue weighted by atomic mass is 16.5. The quantitative estimate of drug-likeness (QED) is 0.555. The van der Waals surface area contributed by atoms with Crippen molar-refractivity contribution in [3.05, 3.63) is 0 Å². The van der Waals surface area contributed by atoms with Crippen molar-refractivity contribution < 1.29 is 19.7 Å². The summed E-state index contributed by atoms with van der Waals surface area (Å²) in [4.78, 5) is 0. The molecule has 0 aliphatic carbocycles. The Balaban J connectivity index is 2.34. The van der Waals surface area contributed by atoms with Gasteiger partial charge in [-0.15, -0.1) is 0 Å². The third-order valence-electron chi connectivity index (χ3n) is 1.94. The van der Waals surface area contributed by atoms with Crippen molar-refractivity contribution in [3.63, 3.8) is 0 Å². The fourth-order valence-corrected chi connectivity index (χ4v) is 1.17. The van der Waals surface area contributed by atoms with E-state index in [1.54, 1.807) is 7.11 Å². The standard InChI is InChI=1S/C7H14O4/c1-10-5-2-6(9)7(3-8)11-4-5/h5-9H,2-4H2,1H3/t5-,6-,7-/m0/s1. The van der Waals surface area contributed by atoms with E-state index < -0.39 is 12.2 Å². The third kappa shape index (κ3) is 2.13. The van der Waals surface area contributed by atoms with Crippen molar-refractivity contribution in [2.24, 2.45) is 0 Å². The number of hydrogen-bond donors (Lipinski definition) is 2. The monoisotopic (exact) mass is 162 g/mol. The molecule has 0 aromatic rings. The Morgan fingerprint density at radius 1 is 1.64 bits per heavy atom. The normalized spacial score (nSPS) is 39.0. The molecule has 1 heterocycles. The molecular weight excluding hydrogens is 148 g/mol. The van der Waals surface area contributed by atoms with Crippen LogP contribution in [0, 0.1) is 0 Å². The molecule has 3 atom stereocenters. The summed E-state index contributed by atoms with van der Waals surface area (Å²) >= 11 is 0. The molecule has 0 bridgehead atoms. The molecule has 1 fully saturated rings. The average Bonchev–Trinajstić information content (AvgIpc) is 2.04. The number of hydrogen-bond acceptors (Lipinski definition) is 4. The maximum Gasteiger partial charge on any atom is 0.107 e. The van der Waals surface area contributed by atoms with Gasteiger partial charge in [-0.05, 0) is 0 Å². The predicted octanol–water partition coefficient (Wildman–Crippen LogP) is -0.857. The molecule has 0 aromatic carbocycles. The molecule has 1 saturated heterocycles. The fraction of sp³-hybridized carbons (Fsp3) is 1.00. The summed E-state index contributed by atoms with van der Waals surface area (Å²) in [6.07, 6.45) is -0.519. The van der Waals surface area contributed by atoms with Crippen LogP contribution in [-0.2, 0) is 9.47 Å². The molecule has 0 radical (unpaired) electrons. The van der Waals surface area contributed by atoms with Gasteiger partial charge in [0.05, 0.1) is 25.4 Å². The Bertz CT molecular complexity index is 117. The van der Waals surface area contributed by atoms with E-state index in [1.165, 1.54) is 0 Å². The molecule has 1 aliphatic heterocycles. The summed E-state index contributed by atoms with van der Waals surface area (Å²) in [6, 6.07) is 0. The second-order valence-corrected chi connectivity index (χ2v) is 2.72. The molecule has 4 heteroatoms. The zero-order valence-corrected chi connectivity index (χ0v) is 6.56. The minimum Gasteiger partial charge on any atom is -0.394 e. The zero-order chi connectivity index (χ0) is 8.27. The Morgan fingerprint density at radius 3 is 2.82 bits per heavy atom. The second-order valence-electron chi connectivity index (χ2n) is 2.72. The van der Waals surface area contributed by atoms with Crippen LogP contribution < -0.4 is 0 Å². The van der Waals surface area contributed by atoms with Crippen molar-refractivity contribution in [2.45, 2.75) is 24.7 Å². The van der Waals surface area contributed by atoms with E-state index in [2.05, 4.69) is 0 Å². The van der Waals surface area contributed by atoms with Crippen LogP contribution in [0.1, 0.15) is 6.42 Å². The van der Waals surface area contributed by atoms with E-state index in [1.807, 2.05) is 0 Å². The number of aliphatic hydroxyl groups is 2. The summed E-state index contributed by atoms with van der Waals surface area (Å²) in [5.41, 5.74) is 0. The Morgan fingerprint density at radius 2 is 2.36 bits per heavy atom. The van der Waals surface area contributed by atoms with Crippen molar-refractivity contribution in [1.29, 1.82) is 0 Å². The smallest absolute Gasteiger partial charge is 0.107 e. The Hall–Kier alpha value is -0.160. The lowest BCUT2D eigenvalue weighted by Crippen LogP contribution is -2.43. The lowest BCUT2D eigenvalue weighted by atomic mass is 10.0. The van der Waals surface area contributed by atoms with Gasteiger partial charge in [0, 0.05) is 13.5 Å². The minimum atomic E-state index is -0.598. The molecule has 0 unspecified atom stereocenters. The second kappa shape index (κ2) is 4.01. The third-order valence-corrected chi connectivity index (χ3v) is 1.94. The van der Waals surface area contributed by atoms with Gasteiger partial charge in [-0.1, -0.05) is 0 Å². The number of rotatable bonds is 2. The van der Waals surface area contributed by atoms with Gasteiger partial charge in [0.2, 0.25) is 0 Å². The predicted molar refractivity (Wildman–Crippen MR) is 38.2 cm³/mol. The van der Waals surface area contributed by atoms with E-state index in [-0.39, 0.29) is 12.7 Å². The van der Waals surface area contributed by atoms with Gasteiger partial charge in [-0.3, -0.25) is 0 Å². The van der Waals surface area contributed by atoms with Gasteiger partial charge in [0.25, 0.3) is 0 Å². The van der Waals surface area contributed by atoms with Crippen LogP contribution in [0.15, 0.2) is 0 Å². The first kappa shape index (κ1) is 8.93. The van der Waals surface area contributed by atoms with Gasteiger partial charge in [0.15, 0.2) is 0 Å². The Labute approximate surface area is 65.7 Å². The van der Waals surface area contributed by atoms with Crippen LogP contribution in [0.5, 0.6) is 0 Å². The van der Waals surface area contributed by atoms with Crippen molar-refractivity contribution >= 4 is 0 Å². The van der Waals surface area contributed by atoms with E-state index >= 15 is 0 Å². The van der Waals surface area contributed by atoms with Crippen LogP contribution in [0.4, 0.5) is 0 Å². The van der Waals surface area contributed by atoms with Gasteiger partial charge < -0.3 is 19.7 Å². The lowest BCUT2D eigenvalue weighted by molar-refractivity contribution is -0.144. The van der Waals surface area contributed by atoms with E-state index in [9.17, 15) is 5.11 Å². The van der Waals surface area contributed by atoms with Crippen molar-refractivity contribution in [1.82, 2.24) is 0 Å². The molecule has 2 N–H and O–H groups in total. The van der Waals surface area contributed by atoms with Gasteiger partial charge in [0.1, 0.15) is 6.10 Å². The van der Waals surface area contributed by atoms with Crippen LogP contribution in [-0.4, -0.2) is 48.8 Å². The van der Waals surface area contributed by atoms with Crippen molar-refractivity contribution in [2.75, 3.05) is 20.3 Å². The first-order valence-electron chi connectivity index (χ1n) is 3.71. The lowest BCUT2D eigenvalue weighted by Gasteiger charge is -2.31. The van der Waals surface area contributed by atoms with E-state index in [0.717, 1.165) is 0 Å². The summed E-state index contributed by atoms with van der Waals surface area (Å²) in [6.45, 7) is 0.330. The maximum absolute atomic E-state index is 9.31. The summed E-state index contributed by atoms with van der Waals surface area (Å²) in [7, 11) is 1.58. The van der Waals surface area contributed by atoms with Crippen LogP contribution >= 0.6 is 0 Å². The molecule has 0 spiro atoms. The van der Waals surface area contributed by atoms with Crippen LogP contribution in [0.3, 0.4) is 0 Å². The number of ether oxygens (including phenoxy) is 2. The van der Waals surface area contributed by atoms with E-state index in [0.29, 0.717) is 13.0 Å². The van der Waals surface area contributed by atoms with Crippen LogP contribution in [0.2, 0.25) is 0 Å². The molecule has 0 saturated carbocycles. The van der Waals surface area contributed by atoms with Gasteiger partial charge in [-0.2, -0.15) is 0 Å². The number of methoxy groups -OCH3 is 1. The number of aliphatic hydroxyl groups excluding tert-OH is 2. The highest BCUT2D eigenvalue weighted by Crippen LogP contribution is 2.15. The van der Waals surface area contributed by atoms with Crippen LogP contribution in [0.25, 0.3) is 0 Å². The highest BCUT2D eigenvalue weighted by molar-refractivity contribution is 4.77. The average molecular weight is 162 g/mol. The van der Waals surface area contributed by atoms with Gasteiger partial charge in [-0.25, -0.2) is 0 Å². The largest absolute Gasteiger partial charge is 0.394 e. The highest BCUT2D eigenvalue weighted by Gasteiger charge is 2.28. The molecule has 0 aromatic heterocycles. The van der Waals surface area contributed by atoms with E-state index in [4.69, 9.17) is 14.6 Å². The minimum absolute atomic E-state index is 0.0344. The maximum atomic E-state index is 9.31.